The van der Waals surface area contributed by atoms with E-state index >= 15 is 0 Å². The molecule has 0 saturated heterocycles. The second-order valence-corrected chi connectivity index (χ2v) is 18.9. The van der Waals surface area contributed by atoms with E-state index in [1.54, 1.807) is 0 Å². The van der Waals surface area contributed by atoms with Crippen molar-refractivity contribution in [3.63, 3.8) is 0 Å². The summed E-state index contributed by atoms with van der Waals surface area (Å²) in [5.41, 5.74) is 7.70. The van der Waals surface area contributed by atoms with Gasteiger partial charge in [0.15, 0.2) is 13.2 Å². The van der Waals surface area contributed by atoms with Gasteiger partial charge in [-0.15, -0.1) is 0 Å². The van der Waals surface area contributed by atoms with E-state index in [-0.39, 0.29) is 12.0 Å². The molecule has 0 fully saturated rings. The Labute approximate surface area is 443 Å². The second-order valence-electron chi connectivity index (χ2n) is 18.9. The molecule has 7 nitrogen and oxygen atoms in total. The highest BCUT2D eigenvalue weighted by Crippen LogP contribution is 2.44. The lowest BCUT2D eigenvalue weighted by atomic mass is 9.67. The van der Waals surface area contributed by atoms with Crippen LogP contribution in [0.4, 0.5) is 0 Å². The molecule has 2 aromatic heterocycles. The van der Waals surface area contributed by atoms with Gasteiger partial charge >= 0.3 is 0 Å². The lowest BCUT2D eigenvalue weighted by Crippen LogP contribution is -2.48. The highest BCUT2D eigenvalue weighted by atomic mass is 16.7. The summed E-state index contributed by atoms with van der Waals surface area (Å²) in [7, 11) is -2.23. The molecule has 11 aromatic carbocycles. The van der Waals surface area contributed by atoms with Gasteiger partial charge in [0.1, 0.15) is 0 Å². The summed E-state index contributed by atoms with van der Waals surface area (Å²) in [4.78, 5) is 11.6. The molecule has 0 bridgehead atoms. The molecule has 0 unspecified atom stereocenters. The summed E-state index contributed by atoms with van der Waals surface area (Å²) in [6.45, 7) is 5.44. The van der Waals surface area contributed by atoms with Crippen LogP contribution in [0.2, 0.25) is 0 Å². The van der Waals surface area contributed by atoms with Crippen molar-refractivity contribution in [2.45, 2.75) is 32.1 Å². The minimum Gasteiger partial charge on any atom is -0.871 e. The Morgan fingerprint density at radius 1 is 0.382 bits per heavy atom. The molecule has 372 valence electrons. The first-order valence-electron chi connectivity index (χ1n) is 26.2. The van der Waals surface area contributed by atoms with Crippen LogP contribution in [-0.2, 0) is 10.1 Å². The largest absolute Gasteiger partial charge is 0.871 e. The SMILES string of the molecule is CCO[n+]1ccccc1-c1ccc2ccc3cccc4ccc1c2c34.CCO[n+]1ccccc1-c1ccc2ccc3cccc4ccc1c2c34.[O-]B([O-])OCCCC(c1ccccc1)(c1ccccc1)c1ccccc1. The van der Waals surface area contributed by atoms with Crippen molar-refractivity contribution in [2.24, 2.45) is 0 Å². The number of nitrogens with zero attached hydrogens (tertiary/aromatic N) is 2. The maximum atomic E-state index is 10.7. The van der Waals surface area contributed by atoms with Gasteiger partial charge in [0.05, 0.1) is 18.4 Å². The Balaban J connectivity index is 0.000000122. The van der Waals surface area contributed by atoms with Crippen molar-refractivity contribution < 1.29 is 33.8 Å². The van der Waals surface area contributed by atoms with Crippen molar-refractivity contribution in [1.82, 2.24) is 0 Å². The van der Waals surface area contributed by atoms with Crippen molar-refractivity contribution in [2.75, 3.05) is 19.8 Å². The van der Waals surface area contributed by atoms with Crippen LogP contribution in [-0.4, -0.2) is 27.1 Å². The summed E-state index contributed by atoms with van der Waals surface area (Å²) in [6, 6.07) is 83.0. The average Bonchev–Trinajstić information content (AvgIpc) is 3.50. The van der Waals surface area contributed by atoms with Crippen LogP contribution in [0.25, 0.3) is 87.1 Å². The van der Waals surface area contributed by atoms with E-state index in [1.807, 2.05) is 102 Å². The molecular formula is C68H57BN2O5. The molecule has 0 aliphatic heterocycles. The number of hydrogen-bond acceptors (Lipinski definition) is 5. The third-order valence-electron chi connectivity index (χ3n) is 14.5. The summed E-state index contributed by atoms with van der Waals surface area (Å²) in [5.74, 6) is 0. The van der Waals surface area contributed by atoms with Crippen molar-refractivity contribution in [3.05, 3.63) is 266 Å². The summed E-state index contributed by atoms with van der Waals surface area (Å²) < 4.78 is 8.47. The van der Waals surface area contributed by atoms with E-state index < -0.39 is 7.32 Å². The predicted octanol–water partition coefficient (Wildman–Crippen LogP) is 12.5. The zero-order valence-corrected chi connectivity index (χ0v) is 42.7. The van der Waals surface area contributed by atoms with E-state index in [1.165, 1.54) is 92.5 Å². The van der Waals surface area contributed by atoms with Crippen LogP contribution in [0.3, 0.4) is 0 Å². The Bertz CT molecular complexity index is 3700. The number of pyridine rings is 2. The van der Waals surface area contributed by atoms with Crippen molar-refractivity contribution >= 4 is 72.0 Å². The number of benzene rings is 11. The van der Waals surface area contributed by atoms with E-state index in [2.05, 4.69) is 170 Å². The fourth-order valence-electron chi connectivity index (χ4n) is 11.3. The molecule has 0 amide bonds. The molecular weight excluding hydrogens is 936 g/mol. The minimum atomic E-state index is -2.23. The molecule has 0 aliphatic carbocycles. The van der Waals surface area contributed by atoms with Gasteiger partial charge in [-0.2, -0.15) is 0 Å². The smallest absolute Gasteiger partial charge is 0.265 e. The standard InChI is InChI=1S/2C23H18NO.C22H21BO3/c2*1-2-25-24-15-4-3-8-21(24)19-13-11-18-10-9-16-6-5-7-17-12-14-20(19)23(18)22(16)17;24-23(25)26-18-10-17-22(19-11-4-1-5-12-19,20-13-6-2-7-14-20)21-15-8-3-9-16-21/h2*3-15H,2H2,1H3;1-9,11-16H,10,17-18H2/q2*+1;-2. The third kappa shape index (κ3) is 9.66. The molecule has 0 radical (unpaired) electrons. The van der Waals surface area contributed by atoms with Crippen LogP contribution >= 0.6 is 0 Å². The number of aromatic nitrogens is 2. The lowest BCUT2D eigenvalue weighted by Gasteiger charge is -2.37. The predicted molar refractivity (Wildman–Crippen MR) is 306 cm³/mol. The molecule has 0 N–H and O–H groups in total. The highest BCUT2D eigenvalue weighted by Gasteiger charge is 2.35. The number of rotatable bonds is 14. The Morgan fingerprint density at radius 3 is 1.12 bits per heavy atom. The zero-order chi connectivity index (χ0) is 51.8. The lowest BCUT2D eigenvalue weighted by molar-refractivity contribution is -0.882. The molecule has 8 heteroatoms. The number of hydrogen-bond donors (Lipinski definition) is 0. The molecule has 0 saturated carbocycles. The summed E-state index contributed by atoms with van der Waals surface area (Å²) in [6.07, 6.45) is 5.28. The molecule has 76 heavy (non-hydrogen) atoms. The van der Waals surface area contributed by atoms with Gasteiger partial charge in [0.25, 0.3) is 11.4 Å². The zero-order valence-electron chi connectivity index (χ0n) is 42.7. The summed E-state index contributed by atoms with van der Waals surface area (Å²) >= 11 is 0. The molecule has 0 atom stereocenters. The second kappa shape index (κ2) is 22.4. The first-order chi connectivity index (χ1) is 37.5. The Kier molecular flexibility index (Phi) is 14.6. The van der Waals surface area contributed by atoms with Gasteiger partial charge in [-0.1, -0.05) is 188 Å². The fraction of sp³-hybridized carbons (Fsp3) is 0.118. The maximum absolute atomic E-state index is 10.7. The maximum Gasteiger partial charge on any atom is 0.265 e. The van der Waals surface area contributed by atoms with Gasteiger partial charge in [0.2, 0.25) is 12.4 Å². The van der Waals surface area contributed by atoms with Crippen LogP contribution in [0.1, 0.15) is 43.4 Å². The van der Waals surface area contributed by atoms with Crippen LogP contribution < -0.4 is 29.2 Å². The molecule has 13 aromatic rings. The first kappa shape index (κ1) is 49.6. The minimum absolute atomic E-state index is 0.159. The van der Waals surface area contributed by atoms with Crippen LogP contribution in [0.5, 0.6) is 0 Å². The van der Waals surface area contributed by atoms with E-state index in [0.717, 1.165) is 17.8 Å². The van der Waals surface area contributed by atoms with Gasteiger partial charge in [-0.05, 0) is 132 Å². The van der Waals surface area contributed by atoms with Gasteiger partial charge in [0, 0.05) is 45.7 Å². The van der Waals surface area contributed by atoms with E-state index in [9.17, 15) is 10.0 Å². The van der Waals surface area contributed by atoms with E-state index in [4.69, 9.17) is 14.3 Å². The van der Waals surface area contributed by atoms with Gasteiger partial charge in [-0.25, -0.2) is 0 Å². The first-order valence-corrected chi connectivity index (χ1v) is 26.2. The quantitative estimate of drug-likeness (QED) is 0.0356. The Morgan fingerprint density at radius 2 is 0.737 bits per heavy atom. The van der Waals surface area contributed by atoms with E-state index in [0.29, 0.717) is 19.6 Å². The van der Waals surface area contributed by atoms with Crippen molar-refractivity contribution in [3.8, 4) is 22.5 Å². The van der Waals surface area contributed by atoms with Crippen LogP contribution in [0, 0.1) is 0 Å². The summed E-state index contributed by atoms with van der Waals surface area (Å²) in [5, 5.41) is 37.0. The van der Waals surface area contributed by atoms with Crippen LogP contribution in [0.15, 0.2) is 249 Å². The molecule has 13 rings (SSSR count). The van der Waals surface area contributed by atoms with Crippen molar-refractivity contribution in [1.29, 1.82) is 0 Å². The third-order valence-corrected chi connectivity index (χ3v) is 14.5. The van der Waals surface area contributed by atoms with Gasteiger partial charge in [-0.3, -0.25) is 9.68 Å². The highest BCUT2D eigenvalue weighted by molar-refractivity contribution is 6.28. The normalized spacial score (nSPS) is 11.5. The fourth-order valence-corrected chi connectivity index (χ4v) is 11.3. The molecule has 2 heterocycles. The molecule has 0 aliphatic rings. The topological polar surface area (TPSA) is 81.6 Å². The average molecular weight is 993 g/mol. The monoisotopic (exact) mass is 992 g/mol. The van der Waals surface area contributed by atoms with Gasteiger partial charge < -0.3 is 14.7 Å². The molecule has 0 spiro atoms. The Hall–Kier alpha value is -8.66.